The Morgan fingerprint density at radius 2 is 0.700 bits per heavy atom. The summed E-state index contributed by atoms with van der Waals surface area (Å²) in [7, 11) is 0. The van der Waals surface area contributed by atoms with Gasteiger partial charge in [0.25, 0.3) is 0 Å². The molecule has 0 fully saturated rings. The lowest BCUT2D eigenvalue weighted by molar-refractivity contribution is 0.668. The zero-order chi connectivity index (χ0) is 45.9. The summed E-state index contributed by atoms with van der Waals surface area (Å²) in [6.45, 7) is 0. The fourth-order valence-corrected chi connectivity index (χ4v) is 10.8. The second-order valence-electron chi connectivity index (χ2n) is 17.8. The molecule has 10 nitrogen and oxygen atoms in total. The molecule has 2 atom stereocenters. The number of benzene rings is 7. The maximum Gasteiger partial charge on any atom is 0.167 e. The molecule has 2 bridgehead atoms. The Kier molecular flexibility index (Phi) is 8.25. The average molecular weight is 899 g/mol. The minimum Gasteiger partial charge on any atom is -0.455 e. The van der Waals surface area contributed by atoms with E-state index >= 15 is 0 Å². The molecule has 6 heterocycles. The summed E-state index contributed by atoms with van der Waals surface area (Å²) in [5, 5.41) is 3.80. The number of fused-ring (bicyclic) bond motifs is 6. The first-order valence-corrected chi connectivity index (χ1v) is 23.2. The molecule has 3 aliphatic rings. The van der Waals surface area contributed by atoms with Crippen LogP contribution in [0.1, 0.15) is 45.2 Å². The van der Waals surface area contributed by atoms with Crippen molar-refractivity contribution in [3.05, 3.63) is 228 Å². The fraction of sp³-hybridized carbons (Fsp3) is 0.0333. The quantitative estimate of drug-likeness (QED) is 0.159. The van der Waals surface area contributed by atoms with Gasteiger partial charge < -0.3 is 8.83 Å². The standard InChI is InChI=1S/C60H34N8O2/c1-3-11-33(12-4-1)55-63-57(67-59(65-55)43-19-9-17-41-47-31-61-27-25-49(47)69-53(41)43)35-21-23-39-45(29-35)51-37-15-7-8-16-38(37)52(39)46-30-36(22-24-40(46)51)58-64-56(34-13-5-2-6-14-34)66-60(68-58)44-20-10-18-42-48-32-62-28-26-50(48)70-54(42)44/h1-32,51-52H. The van der Waals surface area contributed by atoms with Gasteiger partial charge in [0.15, 0.2) is 34.9 Å². The highest BCUT2D eigenvalue weighted by molar-refractivity contribution is 6.09. The molecule has 0 amide bonds. The number of hydrogen-bond acceptors (Lipinski definition) is 10. The van der Waals surface area contributed by atoms with E-state index < -0.39 is 0 Å². The summed E-state index contributed by atoms with van der Waals surface area (Å²) < 4.78 is 12.9. The second kappa shape index (κ2) is 15.0. The van der Waals surface area contributed by atoms with Crippen molar-refractivity contribution in [2.75, 3.05) is 0 Å². The molecule has 16 rings (SSSR count). The minimum absolute atomic E-state index is 0.0259. The highest BCUT2D eigenvalue weighted by Crippen LogP contribution is 2.56. The molecule has 10 heteroatoms. The van der Waals surface area contributed by atoms with Crippen LogP contribution in [-0.4, -0.2) is 39.9 Å². The van der Waals surface area contributed by atoms with Crippen molar-refractivity contribution in [1.29, 1.82) is 0 Å². The monoisotopic (exact) mass is 898 g/mol. The van der Waals surface area contributed by atoms with E-state index in [1.807, 2.05) is 109 Å². The van der Waals surface area contributed by atoms with Gasteiger partial charge in [-0.25, -0.2) is 29.9 Å². The number of furan rings is 2. The predicted octanol–water partition coefficient (Wildman–Crippen LogP) is 13.6. The smallest absolute Gasteiger partial charge is 0.167 e. The Labute approximate surface area is 399 Å². The van der Waals surface area contributed by atoms with Crippen LogP contribution >= 0.6 is 0 Å². The number of aromatic nitrogens is 8. The molecule has 0 saturated carbocycles. The first kappa shape index (κ1) is 38.6. The number of rotatable bonds is 6. The van der Waals surface area contributed by atoms with Crippen LogP contribution in [0.4, 0.5) is 0 Å². The van der Waals surface area contributed by atoms with E-state index in [-0.39, 0.29) is 11.8 Å². The van der Waals surface area contributed by atoms with Gasteiger partial charge in [-0.3, -0.25) is 9.97 Å². The average Bonchev–Trinajstić information content (AvgIpc) is 4.02. The van der Waals surface area contributed by atoms with Crippen LogP contribution in [-0.2, 0) is 0 Å². The summed E-state index contributed by atoms with van der Waals surface area (Å²) in [5.41, 5.74) is 15.7. The Bertz CT molecular complexity index is 4010. The van der Waals surface area contributed by atoms with Crippen LogP contribution in [0.15, 0.2) is 203 Å². The van der Waals surface area contributed by atoms with E-state index in [1.54, 1.807) is 12.4 Å². The highest BCUT2D eigenvalue weighted by atomic mass is 16.3. The summed E-state index contributed by atoms with van der Waals surface area (Å²) in [5.74, 6) is 3.36. The maximum absolute atomic E-state index is 6.46. The molecule has 0 spiro atoms. The minimum atomic E-state index is -0.0259. The molecule has 70 heavy (non-hydrogen) atoms. The van der Waals surface area contributed by atoms with Gasteiger partial charge in [0, 0.05) is 80.4 Å². The molecule has 0 radical (unpaired) electrons. The normalized spacial score (nSPS) is 14.6. The van der Waals surface area contributed by atoms with E-state index in [2.05, 4.69) is 82.8 Å². The van der Waals surface area contributed by atoms with Crippen LogP contribution in [0.5, 0.6) is 0 Å². The second-order valence-corrected chi connectivity index (χ2v) is 17.8. The van der Waals surface area contributed by atoms with E-state index in [1.165, 1.54) is 33.4 Å². The summed E-state index contributed by atoms with van der Waals surface area (Å²) in [6.07, 6.45) is 7.17. The van der Waals surface area contributed by atoms with Crippen molar-refractivity contribution >= 4 is 43.9 Å². The van der Waals surface area contributed by atoms with Crippen LogP contribution in [0.2, 0.25) is 0 Å². The first-order chi connectivity index (χ1) is 34.7. The topological polar surface area (TPSA) is 129 Å². The van der Waals surface area contributed by atoms with Crippen LogP contribution in [0.3, 0.4) is 0 Å². The molecule has 0 saturated heterocycles. The highest BCUT2D eigenvalue weighted by Gasteiger charge is 2.41. The van der Waals surface area contributed by atoms with E-state index in [4.69, 9.17) is 38.7 Å². The fourth-order valence-electron chi connectivity index (χ4n) is 10.8. The molecule has 0 N–H and O–H groups in total. The Morgan fingerprint density at radius 3 is 1.16 bits per heavy atom. The predicted molar refractivity (Wildman–Crippen MR) is 271 cm³/mol. The Morgan fingerprint density at radius 1 is 0.300 bits per heavy atom. The Balaban J connectivity index is 0.874. The largest absolute Gasteiger partial charge is 0.455 e. The first-order valence-electron chi connectivity index (χ1n) is 23.2. The SMILES string of the molecule is c1ccc(-c2nc(-c3ccc4c(c3)C3c5ccccc5C4c4cc(-c5nc(-c6ccccc6)nc(-c6cccc7c6oc6ccncc67)n5)ccc43)nc(-c3cccc4c3oc3ccncc34)n2)cc1. The lowest BCUT2D eigenvalue weighted by atomic mass is 9.61. The van der Waals surface area contributed by atoms with Crippen LogP contribution < -0.4 is 0 Å². The van der Waals surface area contributed by atoms with Gasteiger partial charge >= 0.3 is 0 Å². The van der Waals surface area contributed by atoms with Crippen molar-refractivity contribution in [2.24, 2.45) is 0 Å². The third-order valence-electron chi connectivity index (χ3n) is 14.0. The van der Waals surface area contributed by atoms with Crippen molar-refractivity contribution < 1.29 is 8.83 Å². The Hall–Kier alpha value is -9.54. The summed E-state index contributed by atoms with van der Waals surface area (Å²) in [6, 6.07) is 58.4. The number of hydrogen-bond donors (Lipinski definition) is 0. The van der Waals surface area contributed by atoms with Crippen molar-refractivity contribution in [3.63, 3.8) is 0 Å². The third-order valence-corrected chi connectivity index (χ3v) is 14.0. The molecule has 0 aliphatic heterocycles. The van der Waals surface area contributed by atoms with Gasteiger partial charge in [-0.1, -0.05) is 133 Å². The van der Waals surface area contributed by atoms with E-state index in [0.29, 0.717) is 46.1 Å². The molecular weight excluding hydrogens is 865 g/mol. The molecule has 3 aliphatic carbocycles. The number of nitrogens with zero attached hydrogens (tertiary/aromatic N) is 8. The van der Waals surface area contributed by atoms with E-state index in [9.17, 15) is 0 Å². The van der Waals surface area contributed by atoms with Crippen molar-refractivity contribution in [2.45, 2.75) is 11.8 Å². The zero-order valence-corrected chi connectivity index (χ0v) is 37.0. The lowest BCUT2D eigenvalue weighted by Crippen LogP contribution is -2.27. The van der Waals surface area contributed by atoms with Gasteiger partial charge in [-0.2, -0.15) is 0 Å². The van der Waals surface area contributed by atoms with Crippen LogP contribution in [0.25, 0.3) is 112 Å². The number of pyridine rings is 2. The molecule has 6 aromatic heterocycles. The number of para-hydroxylation sites is 2. The third kappa shape index (κ3) is 5.86. The maximum atomic E-state index is 6.46. The van der Waals surface area contributed by atoms with Crippen LogP contribution in [0, 0.1) is 0 Å². The summed E-state index contributed by atoms with van der Waals surface area (Å²) >= 11 is 0. The molecular formula is C60H34N8O2. The van der Waals surface area contributed by atoms with Gasteiger partial charge in [0.05, 0.1) is 11.1 Å². The molecule has 2 unspecified atom stereocenters. The molecule has 7 aromatic carbocycles. The zero-order valence-electron chi connectivity index (χ0n) is 37.0. The van der Waals surface area contributed by atoms with Crippen molar-refractivity contribution in [3.8, 4) is 68.3 Å². The van der Waals surface area contributed by atoms with Gasteiger partial charge in [-0.15, -0.1) is 0 Å². The van der Waals surface area contributed by atoms with Gasteiger partial charge in [-0.05, 0) is 69.8 Å². The molecule has 326 valence electrons. The summed E-state index contributed by atoms with van der Waals surface area (Å²) in [4.78, 5) is 39.7. The van der Waals surface area contributed by atoms with E-state index in [0.717, 1.165) is 66.1 Å². The van der Waals surface area contributed by atoms with Crippen molar-refractivity contribution in [1.82, 2.24) is 39.9 Å². The van der Waals surface area contributed by atoms with Gasteiger partial charge in [0.1, 0.15) is 22.3 Å². The lowest BCUT2D eigenvalue weighted by Gasteiger charge is -2.42. The van der Waals surface area contributed by atoms with Gasteiger partial charge in [0.2, 0.25) is 0 Å². The molecule has 13 aromatic rings.